The summed E-state index contributed by atoms with van der Waals surface area (Å²) in [6, 6.07) is 11.6. The average Bonchev–Trinajstić information content (AvgIpc) is 3.24. The van der Waals surface area contributed by atoms with E-state index in [1.165, 1.54) is 12.1 Å². The third-order valence-electron chi connectivity index (χ3n) is 6.52. The molecular formula is C25H26FN5O2. The van der Waals surface area contributed by atoms with Crippen molar-refractivity contribution in [1.82, 2.24) is 19.7 Å². The van der Waals surface area contributed by atoms with Crippen molar-refractivity contribution in [2.45, 2.75) is 38.5 Å². The van der Waals surface area contributed by atoms with E-state index in [4.69, 9.17) is 5.10 Å². The van der Waals surface area contributed by atoms with Gasteiger partial charge in [-0.05, 0) is 74.9 Å². The van der Waals surface area contributed by atoms with Crippen LogP contribution < -0.4 is 5.32 Å². The zero-order chi connectivity index (χ0) is 22.8. The van der Waals surface area contributed by atoms with Gasteiger partial charge in [-0.2, -0.15) is 5.10 Å². The highest BCUT2D eigenvalue weighted by atomic mass is 19.1. The third kappa shape index (κ3) is 4.37. The largest absolute Gasteiger partial charge is 0.337 e. The van der Waals surface area contributed by atoms with Crippen molar-refractivity contribution in [2.24, 2.45) is 5.92 Å². The zero-order valence-electron chi connectivity index (χ0n) is 18.3. The van der Waals surface area contributed by atoms with Gasteiger partial charge in [-0.1, -0.05) is 6.07 Å². The van der Waals surface area contributed by atoms with E-state index in [1.54, 1.807) is 40.0 Å². The van der Waals surface area contributed by atoms with E-state index < -0.39 is 0 Å². The molecule has 0 atom stereocenters. The zero-order valence-corrected chi connectivity index (χ0v) is 18.3. The highest BCUT2D eigenvalue weighted by Gasteiger charge is 2.32. The quantitative estimate of drug-likeness (QED) is 0.660. The maximum Gasteiger partial charge on any atom is 0.274 e. The highest BCUT2D eigenvalue weighted by Crippen LogP contribution is 2.29. The molecular weight excluding hydrogens is 421 g/mol. The average molecular weight is 448 g/mol. The van der Waals surface area contributed by atoms with Crippen molar-refractivity contribution >= 4 is 17.6 Å². The Hall–Kier alpha value is -3.55. The smallest absolute Gasteiger partial charge is 0.274 e. The lowest BCUT2D eigenvalue weighted by Crippen LogP contribution is -2.42. The monoisotopic (exact) mass is 447 g/mol. The number of halogens is 1. The predicted octanol–water partition coefficient (Wildman–Crippen LogP) is 3.78. The Bertz CT molecular complexity index is 1150. The van der Waals surface area contributed by atoms with Crippen molar-refractivity contribution in [2.75, 3.05) is 18.4 Å². The number of fused-ring (bicyclic) bond motifs is 1. The molecule has 3 heterocycles. The van der Waals surface area contributed by atoms with Gasteiger partial charge in [-0.25, -0.2) is 14.1 Å². The van der Waals surface area contributed by atoms with E-state index in [-0.39, 0.29) is 23.5 Å². The molecule has 1 aliphatic carbocycles. The Kier molecular flexibility index (Phi) is 5.90. The maximum absolute atomic E-state index is 13.4. The second-order valence-electron chi connectivity index (χ2n) is 8.64. The second kappa shape index (κ2) is 9.13. The first kappa shape index (κ1) is 21.3. The van der Waals surface area contributed by atoms with Crippen molar-refractivity contribution in [1.29, 1.82) is 0 Å². The molecule has 1 fully saturated rings. The van der Waals surface area contributed by atoms with Crippen LogP contribution in [0.1, 0.15) is 47.4 Å². The molecule has 2 aliphatic rings. The Morgan fingerprint density at radius 2 is 1.76 bits per heavy atom. The lowest BCUT2D eigenvalue weighted by atomic mass is 9.93. The van der Waals surface area contributed by atoms with E-state index in [9.17, 15) is 14.0 Å². The number of amides is 2. The maximum atomic E-state index is 13.4. The van der Waals surface area contributed by atoms with Gasteiger partial charge in [0, 0.05) is 36.5 Å². The summed E-state index contributed by atoms with van der Waals surface area (Å²) in [6.45, 7) is 1.02. The molecule has 2 aromatic heterocycles. The molecule has 0 saturated carbocycles. The van der Waals surface area contributed by atoms with E-state index in [0.717, 1.165) is 42.6 Å². The van der Waals surface area contributed by atoms with Crippen LogP contribution in [-0.2, 0) is 17.6 Å². The van der Waals surface area contributed by atoms with Gasteiger partial charge in [0.15, 0.2) is 5.69 Å². The summed E-state index contributed by atoms with van der Waals surface area (Å²) in [5, 5.41) is 7.55. The summed E-state index contributed by atoms with van der Waals surface area (Å²) in [5.41, 5.74) is 3.30. The molecule has 1 N–H and O–H groups in total. The molecule has 1 aliphatic heterocycles. The Balaban J connectivity index is 1.30. The summed E-state index contributed by atoms with van der Waals surface area (Å²) in [7, 11) is 0. The van der Waals surface area contributed by atoms with Crippen molar-refractivity contribution in [3.05, 3.63) is 71.4 Å². The number of anilines is 1. The van der Waals surface area contributed by atoms with E-state index in [1.807, 2.05) is 6.07 Å². The van der Waals surface area contributed by atoms with Crippen LogP contribution in [0.5, 0.6) is 0 Å². The Morgan fingerprint density at radius 3 is 2.48 bits per heavy atom. The molecule has 3 aromatic rings. The van der Waals surface area contributed by atoms with E-state index >= 15 is 0 Å². The van der Waals surface area contributed by atoms with Crippen LogP contribution in [0.4, 0.5) is 10.2 Å². The normalized spacial score (nSPS) is 16.3. The lowest BCUT2D eigenvalue weighted by molar-refractivity contribution is -0.121. The van der Waals surface area contributed by atoms with Gasteiger partial charge in [0.05, 0.1) is 5.69 Å². The third-order valence-corrected chi connectivity index (χ3v) is 6.52. The van der Waals surface area contributed by atoms with Crippen molar-refractivity contribution < 1.29 is 14.0 Å². The first-order valence-electron chi connectivity index (χ1n) is 11.5. The van der Waals surface area contributed by atoms with Crippen LogP contribution in [0.3, 0.4) is 0 Å². The summed E-state index contributed by atoms with van der Waals surface area (Å²) in [4.78, 5) is 32.0. The van der Waals surface area contributed by atoms with E-state index in [0.29, 0.717) is 37.4 Å². The number of likely N-dealkylation sites (tertiary alicyclic amines) is 1. The molecule has 33 heavy (non-hydrogen) atoms. The SMILES string of the molecule is O=C(Nc1ccccn1)C1CCN(C(=O)c2nn(-c3ccc(F)cc3)c3c2CCCC3)CC1. The fraction of sp³-hybridized carbons (Fsp3) is 0.360. The number of pyridine rings is 1. The lowest BCUT2D eigenvalue weighted by Gasteiger charge is -2.31. The molecule has 0 unspecified atom stereocenters. The molecule has 2 amide bonds. The first-order chi connectivity index (χ1) is 16.1. The fourth-order valence-corrected chi connectivity index (χ4v) is 4.73. The molecule has 170 valence electrons. The number of nitrogens with one attached hydrogen (secondary N) is 1. The molecule has 7 nitrogen and oxygen atoms in total. The van der Waals surface area contributed by atoms with Crippen LogP contribution in [0.15, 0.2) is 48.7 Å². The fourth-order valence-electron chi connectivity index (χ4n) is 4.73. The molecule has 8 heteroatoms. The number of hydrogen-bond acceptors (Lipinski definition) is 4. The van der Waals surface area contributed by atoms with Gasteiger partial charge in [0.2, 0.25) is 5.91 Å². The van der Waals surface area contributed by atoms with Crippen LogP contribution >= 0.6 is 0 Å². The molecule has 0 spiro atoms. The Labute approximate surface area is 191 Å². The minimum absolute atomic E-state index is 0.0567. The number of rotatable bonds is 4. The number of piperidine rings is 1. The van der Waals surface area contributed by atoms with Gasteiger partial charge in [-0.3, -0.25) is 9.59 Å². The molecule has 1 saturated heterocycles. The van der Waals surface area contributed by atoms with Gasteiger partial charge in [0.1, 0.15) is 11.6 Å². The summed E-state index contributed by atoms with van der Waals surface area (Å²) in [5.74, 6) is -0.0527. The van der Waals surface area contributed by atoms with Gasteiger partial charge >= 0.3 is 0 Å². The van der Waals surface area contributed by atoms with Gasteiger partial charge in [0.25, 0.3) is 5.91 Å². The van der Waals surface area contributed by atoms with Crippen LogP contribution in [0.25, 0.3) is 5.69 Å². The molecule has 1 aromatic carbocycles. The minimum atomic E-state index is -0.300. The number of aromatic nitrogens is 3. The van der Waals surface area contributed by atoms with Crippen LogP contribution in [-0.4, -0.2) is 44.6 Å². The standard InChI is InChI=1S/C25H26FN5O2/c26-18-8-10-19(11-9-18)31-21-6-2-1-5-20(21)23(29-31)25(33)30-15-12-17(13-16-30)24(32)28-22-7-3-4-14-27-22/h3-4,7-11,14,17H,1-2,5-6,12-13,15-16H2,(H,27,28,32). The Morgan fingerprint density at radius 1 is 1.00 bits per heavy atom. The number of nitrogens with zero attached hydrogens (tertiary/aromatic N) is 4. The van der Waals surface area contributed by atoms with Gasteiger partial charge < -0.3 is 10.2 Å². The molecule has 5 rings (SSSR count). The summed E-state index contributed by atoms with van der Waals surface area (Å²) >= 11 is 0. The van der Waals surface area contributed by atoms with Crippen molar-refractivity contribution in [3.63, 3.8) is 0 Å². The summed E-state index contributed by atoms with van der Waals surface area (Å²) < 4.78 is 15.2. The molecule has 0 bridgehead atoms. The molecule has 0 radical (unpaired) electrons. The van der Waals surface area contributed by atoms with Gasteiger partial charge in [-0.15, -0.1) is 0 Å². The summed E-state index contributed by atoms with van der Waals surface area (Å²) in [6.07, 6.45) is 6.59. The first-order valence-corrected chi connectivity index (χ1v) is 11.5. The number of hydrogen-bond donors (Lipinski definition) is 1. The van der Waals surface area contributed by atoms with Crippen LogP contribution in [0.2, 0.25) is 0 Å². The predicted molar refractivity (Wildman–Crippen MR) is 122 cm³/mol. The number of carbonyl (C=O) groups is 2. The van der Waals surface area contributed by atoms with Crippen LogP contribution in [0, 0.1) is 11.7 Å². The highest BCUT2D eigenvalue weighted by molar-refractivity contribution is 5.95. The van der Waals surface area contributed by atoms with Crippen molar-refractivity contribution in [3.8, 4) is 5.69 Å². The minimum Gasteiger partial charge on any atom is -0.337 e. The number of benzene rings is 1. The topological polar surface area (TPSA) is 80.1 Å². The van der Waals surface area contributed by atoms with E-state index in [2.05, 4.69) is 10.3 Å². The number of carbonyl (C=O) groups excluding carboxylic acids is 2. The second-order valence-corrected chi connectivity index (χ2v) is 8.64.